The number of carbonyl (C=O) groups is 2. The predicted molar refractivity (Wildman–Crippen MR) is 128 cm³/mol. The SMILES string of the molecule is C[C@H](CCC(=O)OC[C@H](N)C(=O)O)[C@H]1CCC2C3C(CC[C@@]21C)[C@@]1(C)CC[C@@H](O)CC1C[C@H]3O. The minimum absolute atomic E-state index is 0.175. The Morgan fingerprint density at radius 3 is 2.41 bits per heavy atom. The van der Waals surface area contributed by atoms with Gasteiger partial charge >= 0.3 is 11.9 Å². The molecule has 0 heterocycles. The molecule has 4 fully saturated rings. The average Bonchev–Trinajstić information content (AvgIpc) is 3.14. The van der Waals surface area contributed by atoms with Gasteiger partial charge in [0.05, 0.1) is 12.2 Å². The van der Waals surface area contributed by atoms with E-state index in [4.69, 9.17) is 15.6 Å². The number of aliphatic carboxylic acids is 1. The molecule has 4 aliphatic carbocycles. The van der Waals surface area contributed by atoms with Crippen LogP contribution in [0, 0.1) is 46.3 Å². The topological polar surface area (TPSA) is 130 Å². The van der Waals surface area contributed by atoms with Gasteiger partial charge in [-0.3, -0.25) is 9.59 Å². The summed E-state index contributed by atoms with van der Waals surface area (Å²) >= 11 is 0. The van der Waals surface area contributed by atoms with E-state index >= 15 is 0 Å². The molecule has 0 saturated heterocycles. The van der Waals surface area contributed by atoms with Gasteiger partial charge in [0.25, 0.3) is 0 Å². The third-order valence-corrected chi connectivity index (χ3v) is 11.0. The molecule has 4 rings (SSSR count). The third kappa shape index (κ3) is 4.53. The Labute approximate surface area is 203 Å². The first-order valence-corrected chi connectivity index (χ1v) is 13.5. The van der Waals surface area contributed by atoms with Crippen molar-refractivity contribution in [2.24, 2.45) is 52.1 Å². The Kier molecular flexibility index (Phi) is 7.39. The van der Waals surface area contributed by atoms with Crippen LogP contribution >= 0.6 is 0 Å². The molecule has 194 valence electrons. The van der Waals surface area contributed by atoms with Gasteiger partial charge in [-0.2, -0.15) is 0 Å². The van der Waals surface area contributed by atoms with Gasteiger partial charge in [0, 0.05) is 6.42 Å². The molecule has 34 heavy (non-hydrogen) atoms. The fourth-order valence-electron chi connectivity index (χ4n) is 9.05. The number of nitrogens with two attached hydrogens (primary N) is 1. The number of aliphatic hydroxyl groups excluding tert-OH is 2. The summed E-state index contributed by atoms with van der Waals surface area (Å²) in [5, 5.41) is 30.5. The van der Waals surface area contributed by atoms with Gasteiger partial charge in [-0.1, -0.05) is 20.8 Å². The van der Waals surface area contributed by atoms with Gasteiger partial charge in [-0.25, -0.2) is 0 Å². The monoisotopic (exact) mass is 479 g/mol. The van der Waals surface area contributed by atoms with Gasteiger partial charge in [-0.15, -0.1) is 0 Å². The molecule has 4 unspecified atom stereocenters. The number of carbonyl (C=O) groups excluding carboxylic acids is 1. The number of aliphatic hydroxyl groups is 2. The summed E-state index contributed by atoms with van der Waals surface area (Å²) in [7, 11) is 0. The summed E-state index contributed by atoms with van der Waals surface area (Å²) in [4.78, 5) is 23.0. The molecule has 7 heteroatoms. The number of hydrogen-bond donors (Lipinski definition) is 4. The highest BCUT2D eigenvalue weighted by molar-refractivity contribution is 5.74. The second kappa shape index (κ2) is 9.70. The lowest BCUT2D eigenvalue weighted by molar-refractivity contribution is -0.174. The molecule has 0 aromatic carbocycles. The van der Waals surface area contributed by atoms with Crippen molar-refractivity contribution in [2.45, 2.75) is 103 Å². The number of esters is 1. The van der Waals surface area contributed by atoms with E-state index in [0.717, 1.165) is 51.4 Å². The van der Waals surface area contributed by atoms with Crippen molar-refractivity contribution in [1.82, 2.24) is 0 Å². The quantitative estimate of drug-likeness (QED) is 0.412. The normalized spacial score (nSPS) is 45.4. The van der Waals surface area contributed by atoms with Crippen LogP contribution in [-0.4, -0.2) is 52.1 Å². The molecular weight excluding hydrogens is 434 g/mol. The van der Waals surface area contributed by atoms with E-state index in [0.29, 0.717) is 35.5 Å². The Bertz CT molecular complexity index is 774. The molecule has 4 aliphatic rings. The van der Waals surface area contributed by atoms with Gasteiger partial charge in [0.2, 0.25) is 0 Å². The molecule has 0 bridgehead atoms. The van der Waals surface area contributed by atoms with Crippen LogP contribution < -0.4 is 5.73 Å². The van der Waals surface area contributed by atoms with Crippen LogP contribution in [0.1, 0.15) is 85.0 Å². The first-order valence-electron chi connectivity index (χ1n) is 13.5. The van der Waals surface area contributed by atoms with Crippen LogP contribution in [0.3, 0.4) is 0 Å². The summed E-state index contributed by atoms with van der Waals surface area (Å²) in [6, 6.07) is -1.18. The summed E-state index contributed by atoms with van der Waals surface area (Å²) in [6.45, 7) is 6.81. The molecule has 0 aromatic rings. The summed E-state index contributed by atoms with van der Waals surface area (Å²) in [6.07, 6.45) is 8.74. The maximum atomic E-state index is 12.2. The van der Waals surface area contributed by atoms with Crippen LogP contribution in [0.25, 0.3) is 0 Å². The van der Waals surface area contributed by atoms with E-state index < -0.39 is 12.0 Å². The average molecular weight is 480 g/mol. The minimum atomic E-state index is -1.18. The molecule has 7 nitrogen and oxygen atoms in total. The lowest BCUT2D eigenvalue weighted by atomic mass is 9.43. The van der Waals surface area contributed by atoms with Crippen molar-refractivity contribution < 1.29 is 29.6 Å². The highest BCUT2D eigenvalue weighted by Gasteiger charge is 2.62. The van der Waals surface area contributed by atoms with Crippen molar-refractivity contribution in [2.75, 3.05) is 6.61 Å². The second-order valence-electron chi connectivity index (χ2n) is 12.6. The number of carboxylic acid groups (broad SMARTS) is 1. The zero-order valence-electron chi connectivity index (χ0n) is 21.1. The fraction of sp³-hybridized carbons (Fsp3) is 0.926. The zero-order chi connectivity index (χ0) is 24.8. The van der Waals surface area contributed by atoms with E-state index in [1.807, 2.05) is 0 Å². The van der Waals surface area contributed by atoms with Crippen molar-refractivity contribution in [3.63, 3.8) is 0 Å². The van der Waals surface area contributed by atoms with E-state index in [1.165, 1.54) is 6.42 Å². The maximum Gasteiger partial charge on any atom is 0.324 e. The Balaban J connectivity index is 1.39. The van der Waals surface area contributed by atoms with Crippen molar-refractivity contribution in [3.05, 3.63) is 0 Å². The lowest BCUT2D eigenvalue weighted by Crippen LogP contribution is -2.58. The maximum absolute atomic E-state index is 12.2. The van der Waals surface area contributed by atoms with Gasteiger partial charge in [-0.05, 0) is 104 Å². The number of fused-ring (bicyclic) bond motifs is 5. The Hall–Kier alpha value is -1.18. The molecule has 0 aromatic heterocycles. The standard InChI is InChI=1S/C27H45NO6/c1-15(4-7-23(31)34-14-21(28)25(32)33)18-5-6-19-24-20(9-11-27(18,19)3)26(2)10-8-17(29)12-16(26)13-22(24)30/h15-22,24,29-30H,4-14,28H2,1-3H3,(H,32,33)/t15-,16?,17-,18-,19?,20?,21+,22-,24?,26+,27-/m1/s1. The number of carboxylic acids is 1. The lowest BCUT2D eigenvalue weighted by Gasteiger charge is -2.62. The highest BCUT2D eigenvalue weighted by Crippen LogP contribution is 2.68. The van der Waals surface area contributed by atoms with Crippen LogP contribution in [0.5, 0.6) is 0 Å². The number of rotatable bonds is 7. The molecule has 0 radical (unpaired) electrons. The van der Waals surface area contributed by atoms with Crippen LogP contribution in [-0.2, 0) is 14.3 Å². The molecular formula is C27H45NO6. The minimum Gasteiger partial charge on any atom is -0.480 e. The highest BCUT2D eigenvalue weighted by atomic mass is 16.5. The fourth-order valence-corrected chi connectivity index (χ4v) is 9.05. The van der Waals surface area contributed by atoms with E-state index in [1.54, 1.807) is 0 Å². The smallest absolute Gasteiger partial charge is 0.324 e. The summed E-state index contributed by atoms with van der Waals surface area (Å²) < 4.78 is 5.07. The Morgan fingerprint density at radius 1 is 1.03 bits per heavy atom. The zero-order valence-corrected chi connectivity index (χ0v) is 21.1. The summed E-state index contributed by atoms with van der Waals surface area (Å²) in [5.41, 5.74) is 5.83. The molecule has 0 amide bonds. The molecule has 5 N–H and O–H groups in total. The summed E-state index contributed by atoms with van der Waals surface area (Å²) in [5.74, 6) is 1.14. The molecule has 11 atom stereocenters. The van der Waals surface area contributed by atoms with Crippen molar-refractivity contribution in [3.8, 4) is 0 Å². The van der Waals surface area contributed by atoms with Gasteiger partial charge < -0.3 is 25.8 Å². The largest absolute Gasteiger partial charge is 0.480 e. The third-order valence-electron chi connectivity index (χ3n) is 11.0. The Morgan fingerprint density at radius 2 is 1.71 bits per heavy atom. The molecule has 0 spiro atoms. The van der Waals surface area contributed by atoms with E-state index in [9.17, 15) is 19.8 Å². The van der Waals surface area contributed by atoms with Crippen LogP contribution in [0.4, 0.5) is 0 Å². The van der Waals surface area contributed by atoms with Gasteiger partial charge in [0.1, 0.15) is 12.6 Å². The van der Waals surface area contributed by atoms with Gasteiger partial charge in [0.15, 0.2) is 0 Å². The van der Waals surface area contributed by atoms with Crippen LogP contribution in [0.2, 0.25) is 0 Å². The first kappa shape index (κ1) is 25.9. The van der Waals surface area contributed by atoms with E-state index in [-0.39, 0.29) is 42.0 Å². The number of hydrogen-bond acceptors (Lipinski definition) is 6. The predicted octanol–water partition coefficient (Wildman–Crippen LogP) is 3.35. The second-order valence-corrected chi connectivity index (χ2v) is 12.6. The molecule has 0 aliphatic heterocycles. The van der Waals surface area contributed by atoms with Crippen molar-refractivity contribution in [1.29, 1.82) is 0 Å². The van der Waals surface area contributed by atoms with Crippen LogP contribution in [0.15, 0.2) is 0 Å². The number of ether oxygens (including phenoxy) is 1. The first-order chi connectivity index (χ1) is 16.0. The van der Waals surface area contributed by atoms with Crippen molar-refractivity contribution >= 4 is 11.9 Å². The molecule has 4 saturated carbocycles. The van der Waals surface area contributed by atoms with E-state index in [2.05, 4.69) is 20.8 Å².